The molecule has 0 spiro atoms. The van der Waals surface area contributed by atoms with E-state index < -0.39 is 33.5 Å². The predicted molar refractivity (Wildman–Crippen MR) is 54.2 cm³/mol. The van der Waals surface area contributed by atoms with E-state index in [0.717, 1.165) is 4.90 Å². The molecule has 1 unspecified atom stereocenters. The van der Waals surface area contributed by atoms with Crippen LogP contribution in [0.4, 0.5) is 0 Å². The third kappa shape index (κ3) is 4.28. The summed E-state index contributed by atoms with van der Waals surface area (Å²) in [6, 6.07) is -1.02. The molecule has 0 saturated carbocycles. The highest BCUT2D eigenvalue weighted by Crippen LogP contribution is 1.99. The maximum absolute atomic E-state index is 11.3. The number of hydrogen-bond donors (Lipinski definition) is 1. The predicted octanol–water partition coefficient (Wildman–Crippen LogP) is -0.647. The number of sulfone groups is 1. The van der Waals surface area contributed by atoms with E-state index in [1.807, 2.05) is 0 Å². The molecule has 0 aliphatic heterocycles. The van der Waals surface area contributed by atoms with Crippen molar-refractivity contribution in [3.05, 3.63) is 0 Å². The Bertz CT molecular complexity index is 348. The van der Waals surface area contributed by atoms with E-state index in [-0.39, 0.29) is 5.75 Å². The fourth-order valence-electron chi connectivity index (χ4n) is 0.774. The van der Waals surface area contributed by atoms with Gasteiger partial charge in [-0.2, -0.15) is 0 Å². The Labute approximate surface area is 88.8 Å². The third-order valence-corrected chi connectivity index (χ3v) is 3.68. The molecule has 0 bridgehead atoms. The normalized spacial score (nSPS) is 13.3. The van der Waals surface area contributed by atoms with E-state index in [1.165, 1.54) is 20.9 Å². The van der Waals surface area contributed by atoms with Crippen LogP contribution in [0.1, 0.15) is 13.8 Å². The van der Waals surface area contributed by atoms with Gasteiger partial charge in [0.2, 0.25) is 5.91 Å². The number of aliphatic carboxylic acids is 1. The number of carbonyl (C=O) groups is 2. The molecule has 88 valence electrons. The minimum Gasteiger partial charge on any atom is -0.480 e. The lowest BCUT2D eigenvalue weighted by atomic mass is 10.3. The molecular formula is C8H15NO5S. The van der Waals surface area contributed by atoms with Gasteiger partial charge >= 0.3 is 5.97 Å². The Morgan fingerprint density at radius 1 is 1.40 bits per heavy atom. The quantitative estimate of drug-likeness (QED) is 0.686. The molecule has 7 heteroatoms. The summed E-state index contributed by atoms with van der Waals surface area (Å²) in [6.45, 7) is 2.75. The van der Waals surface area contributed by atoms with Crippen LogP contribution in [0.5, 0.6) is 0 Å². The van der Waals surface area contributed by atoms with Gasteiger partial charge in [0, 0.05) is 12.8 Å². The average molecular weight is 237 g/mol. The van der Waals surface area contributed by atoms with Gasteiger partial charge in [-0.05, 0) is 6.92 Å². The Kier molecular flexibility index (Phi) is 4.73. The summed E-state index contributed by atoms with van der Waals surface area (Å²) in [5, 5.41) is 8.61. The van der Waals surface area contributed by atoms with Crippen LogP contribution in [-0.2, 0) is 19.4 Å². The number of carbonyl (C=O) groups excluding carboxylic acids is 1. The molecule has 0 aromatic rings. The summed E-state index contributed by atoms with van der Waals surface area (Å²) >= 11 is 0. The minimum absolute atomic E-state index is 0.131. The smallest absolute Gasteiger partial charge is 0.326 e. The van der Waals surface area contributed by atoms with Gasteiger partial charge in [0.1, 0.15) is 11.8 Å². The van der Waals surface area contributed by atoms with Crippen LogP contribution >= 0.6 is 0 Å². The number of hydrogen-bond acceptors (Lipinski definition) is 4. The van der Waals surface area contributed by atoms with Crippen molar-refractivity contribution in [2.24, 2.45) is 0 Å². The molecule has 1 atom stereocenters. The van der Waals surface area contributed by atoms with Gasteiger partial charge in [0.05, 0.1) is 0 Å². The van der Waals surface area contributed by atoms with Crippen LogP contribution in [0.2, 0.25) is 0 Å². The fraction of sp³-hybridized carbons (Fsp3) is 0.750. The van der Waals surface area contributed by atoms with Crippen molar-refractivity contribution in [2.45, 2.75) is 19.9 Å². The van der Waals surface area contributed by atoms with Gasteiger partial charge in [-0.25, -0.2) is 13.2 Å². The third-order valence-electron chi connectivity index (χ3n) is 2.11. The first-order valence-electron chi connectivity index (χ1n) is 4.40. The van der Waals surface area contributed by atoms with Crippen LogP contribution in [-0.4, -0.2) is 54.9 Å². The molecule has 0 aromatic heterocycles. The number of amides is 1. The van der Waals surface area contributed by atoms with Crippen molar-refractivity contribution >= 4 is 21.7 Å². The average Bonchev–Trinajstić information content (AvgIpc) is 2.14. The zero-order valence-electron chi connectivity index (χ0n) is 8.93. The van der Waals surface area contributed by atoms with E-state index in [0.29, 0.717) is 0 Å². The molecule has 0 radical (unpaired) electrons. The molecule has 0 aliphatic rings. The van der Waals surface area contributed by atoms with Crippen LogP contribution in [0.3, 0.4) is 0 Å². The van der Waals surface area contributed by atoms with Crippen molar-refractivity contribution in [2.75, 3.05) is 18.6 Å². The summed E-state index contributed by atoms with van der Waals surface area (Å²) in [7, 11) is -2.14. The highest BCUT2D eigenvalue weighted by Gasteiger charge is 2.24. The zero-order valence-corrected chi connectivity index (χ0v) is 9.74. The van der Waals surface area contributed by atoms with Crippen molar-refractivity contribution in [3.63, 3.8) is 0 Å². The summed E-state index contributed by atoms with van der Waals surface area (Å²) in [6.07, 6.45) is 0. The molecule has 6 nitrogen and oxygen atoms in total. The number of carboxylic acid groups (broad SMARTS) is 1. The second kappa shape index (κ2) is 5.11. The molecule has 0 aliphatic carbocycles. The number of likely N-dealkylation sites (N-methyl/N-ethyl adjacent to an activating group) is 1. The van der Waals surface area contributed by atoms with Gasteiger partial charge < -0.3 is 10.0 Å². The van der Waals surface area contributed by atoms with Gasteiger partial charge in [0.25, 0.3) is 0 Å². The first-order valence-corrected chi connectivity index (χ1v) is 6.22. The summed E-state index contributed by atoms with van der Waals surface area (Å²) in [4.78, 5) is 22.8. The lowest BCUT2D eigenvalue weighted by molar-refractivity contribution is -0.147. The second-order valence-electron chi connectivity index (χ2n) is 3.20. The van der Waals surface area contributed by atoms with Crippen molar-refractivity contribution in [3.8, 4) is 0 Å². The number of carboxylic acids is 1. The molecule has 1 N–H and O–H groups in total. The van der Waals surface area contributed by atoms with E-state index in [2.05, 4.69) is 0 Å². The largest absolute Gasteiger partial charge is 0.480 e. The standard InChI is InChI=1S/C8H15NO5S/c1-4-15(13,14)5-7(10)9(3)6(2)8(11)12/h6H,4-5H2,1-3H3,(H,11,12). The molecule has 1 amide bonds. The molecule has 0 aromatic carbocycles. The summed E-state index contributed by atoms with van der Waals surface area (Å²) < 4.78 is 22.2. The monoisotopic (exact) mass is 237 g/mol. The number of rotatable bonds is 5. The molecule has 0 heterocycles. The molecule has 0 fully saturated rings. The first-order chi connectivity index (χ1) is 6.71. The maximum atomic E-state index is 11.3. The van der Waals surface area contributed by atoms with Crippen molar-refractivity contribution in [1.82, 2.24) is 4.90 Å². The topological polar surface area (TPSA) is 91.8 Å². The fourth-order valence-corrected chi connectivity index (χ4v) is 1.56. The molecule has 15 heavy (non-hydrogen) atoms. The summed E-state index contributed by atoms with van der Waals surface area (Å²) in [5.74, 6) is -2.64. The Balaban J connectivity index is 4.55. The Morgan fingerprint density at radius 2 is 1.87 bits per heavy atom. The second-order valence-corrected chi connectivity index (χ2v) is 5.55. The number of nitrogens with zero attached hydrogens (tertiary/aromatic N) is 1. The Morgan fingerprint density at radius 3 is 2.20 bits per heavy atom. The zero-order chi connectivity index (χ0) is 12.2. The van der Waals surface area contributed by atoms with E-state index >= 15 is 0 Å². The van der Waals surface area contributed by atoms with Crippen molar-refractivity contribution in [1.29, 1.82) is 0 Å². The van der Waals surface area contributed by atoms with E-state index in [1.54, 1.807) is 0 Å². The van der Waals surface area contributed by atoms with Crippen LogP contribution in [0.15, 0.2) is 0 Å². The minimum atomic E-state index is -3.41. The van der Waals surface area contributed by atoms with Crippen LogP contribution in [0, 0.1) is 0 Å². The Hall–Kier alpha value is -1.11. The molecule has 0 saturated heterocycles. The highest BCUT2D eigenvalue weighted by molar-refractivity contribution is 7.92. The lowest BCUT2D eigenvalue weighted by Crippen LogP contribution is -2.43. The SMILES string of the molecule is CCS(=O)(=O)CC(=O)N(C)C(C)C(=O)O. The summed E-state index contributed by atoms with van der Waals surface area (Å²) in [5.41, 5.74) is 0. The molecular weight excluding hydrogens is 222 g/mol. The maximum Gasteiger partial charge on any atom is 0.326 e. The van der Waals surface area contributed by atoms with Gasteiger partial charge in [-0.3, -0.25) is 4.79 Å². The van der Waals surface area contributed by atoms with Gasteiger partial charge in [0.15, 0.2) is 9.84 Å². The first kappa shape index (κ1) is 13.9. The van der Waals surface area contributed by atoms with Gasteiger partial charge in [-0.1, -0.05) is 6.92 Å². The van der Waals surface area contributed by atoms with E-state index in [4.69, 9.17) is 5.11 Å². The van der Waals surface area contributed by atoms with Crippen molar-refractivity contribution < 1.29 is 23.1 Å². The van der Waals surface area contributed by atoms with Crippen LogP contribution < -0.4 is 0 Å². The van der Waals surface area contributed by atoms with Crippen LogP contribution in [0.25, 0.3) is 0 Å². The highest BCUT2D eigenvalue weighted by atomic mass is 32.2. The van der Waals surface area contributed by atoms with E-state index in [9.17, 15) is 18.0 Å². The van der Waals surface area contributed by atoms with Gasteiger partial charge in [-0.15, -0.1) is 0 Å². The molecule has 0 rings (SSSR count). The lowest BCUT2D eigenvalue weighted by Gasteiger charge is -2.21.